The number of aromatic nitrogens is 1. The molecule has 3 aromatic rings. The van der Waals surface area contributed by atoms with E-state index in [4.69, 9.17) is 4.98 Å². The highest BCUT2D eigenvalue weighted by atomic mass is 32.2. The number of anilines is 2. The van der Waals surface area contributed by atoms with Crippen molar-refractivity contribution in [1.82, 2.24) is 9.88 Å². The fourth-order valence-corrected chi connectivity index (χ4v) is 5.26. The monoisotopic (exact) mass is 399 g/mol. The van der Waals surface area contributed by atoms with Crippen LogP contribution in [0.25, 0.3) is 11.6 Å². The van der Waals surface area contributed by atoms with E-state index in [-0.39, 0.29) is 0 Å². The Bertz CT molecular complexity index is 1090. The number of allylic oxidation sites excluding steroid dienone is 1. The fraction of sp³-hybridized carbons (Fsp3) is 0.240. The minimum Gasteiger partial charge on any atom is -0.324 e. The molecule has 5 rings (SSSR count). The van der Waals surface area contributed by atoms with Crippen molar-refractivity contribution in [2.75, 3.05) is 32.1 Å². The lowest BCUT2D eigenvalue weighted by atomic mass is 10.0. The first-order valence-corrected chi connectivity index (χ1v) is 11.0. The van der Waals surface area contributed by atoms with Crippen molar-refractivity contribution < 1.29 is 0 Å². The molecule has 2 aromatic carbocycles. The molecule has 2 heterocycles. The van der Waals surface area contributed by atoms with Crippen LogP contribution in [0.1, 0.15) is 23.1 Å². The van der Waals surface area contributed by atoms with Crippen LogP contribution in [0.3, 0.4) is 0 Å². The molecule has 0 saturated carbocycles. The number of hydrogen-bond acceptors (Lipinski definition) is 4. The average Bonchev–Trinajstić information content (AvgIpc) is 3.17. The molecule has 0 unspecified atom stereocenters. The smallest absolute Gasteiger partial charge is 0.147 e. The van der Waals surface area contributed by atoms with Gasteiger partial charge in [0.2, 0.25) is 0 Å². The van der Waals surface area contributed by atoms with Gasteiger partial charge in [0.1, 0.15) is 5.82 Å². The van der Waals surface area contributed by atoms with Gasteiger partial charge in [0.15, 0.2) is 0 Å². The second-order valence-corrected chi connectivity index (χ2v) is 9.05. The molecule has 0 radical (unpaired) electrons. The fourth-order valence-electron chi connectivity index (χ4n) is 4.15. The first-order valence-electron chi connectivity index (χ1n) is 10.2. The zero-order valence-electron chi connectivity index (χ0n) is 16.9. The molecular formula is C25H25N3S. The molecule has 0 saturated heterocycles. The van der Waals surface area contributed by atoms with Crippen molar-refractivity contribution in [3.05, 3.63) is 77.5 Å². The number of rotatable bonds is 5. The summed E-state index contributed by atoms with van der Waals surface area (Å²) in [5, 5.41) is 0. The van der Waals surface area contributed by atoms with Crippen LogP contribution in [0.15, 0.2) is 70.6 Å². The SMILES string of the molecule is CN(C)CCCN1c2ccc(C3=Cc4ccccc4C3)cc2Sc2cccnc21. The van der Waals surface area contributed by atoms with E-state index in [1.807, 2.05) is 24.0 Å². The van der Waals surface area contributed by atoms with Crippen LogP contribution in [0.5, 0.6) is 0 Å². The summed E-state index contributed by atoms with van der Waals surface area (Å²) in [6.07, 6.45) is 6.37. The van der Waals surface area contributed by atoms with E-state index in [9.17, 15) is 0 Å². The second-order valence-electron chi connectivity index (χ2n) is 7.96. The Labute approximate surface area is 177 Å². The zero-order chi connectivity index (χ0) is 19.8. The van der Waals surface area contributed by atoms with E-state index in [2.05, 4.69) is 78.5 Å². The van der Waals surface area contributed by atoms with Gasteiger partial charge in [-0.3, -0.25) is 0 Å². The third-order valence-corrected chi connectivity index (χ3v) is 6.69. The van der Waals surface area contributed by atoms with Gasteiger partial charge in [0, 0.05) is 17.6 Å². The minimum absolute atomic E-state index is 0.975. The molecular weight excluding hydrogens is 374 g/mol. The molecule has 0 N–H and O–H groups in total. The summed E-state index contributed by atoms with van der Waals surface area (Å²) < 4.78 is 0. The van der Waals surface area contributed by atoms with Gasteiger partial charge in [-0.2, -0.15) is 0 Å². The minimum atomic E-state index is 0.975. The Morgan fingerprint density at radius 1 is 1.03 bits per heavy atom. The molecule has 1 aliphatic carbocycles. The second kappa shape index (κ2) is 7.69. The maximum atomic E-state index is 4.70. The van der Waals surface area contributed by atoms with Crippen LogP contribution in [-0.2, 0) is 6.42 Å². The predicted molar refractivity (Wildman–Crippen MR) is 123 cm³/mol. The normalized spacial score (nSPS) is 14.4. The van der Waals surface area contributed by atoms with Crippen molar-refractivity contribution in [3.8, 4) is 0 Å². The summed E-state index contributed by atoms with van der Waals surface area (Å²) in [6, 6.07) is 19.9. The van der Waals surface area contributed by atoms with Crippen LogP contribution in [0.2, 0.25) is 0 Å². The largest absolute Gasteiger partial charge is 0.324 e. The molecule has 0 fully saturated rings. The molecule has 3 nitrogen and oxygen atoms in total. The Kier molecular flexibility index (Phi) is 4.90. The average molecular weight is 400 g/mol. The van der Waals surface area contributed by atoms with E-state index in [1.54, 1.807) is 0 Å². The molecule has 0 bridgehead atoms. The van der Waals surface area contributed by atoms with Gasteiger partial charge in [-0.05, 0) is 80.0 Å². The van der Waals surface area contributed by atoms with E-state index < -0.39 is 0 Å². The summed E-state index contributed by atoms with van der Waals surface area (Å²) in [5.41, 5.74) is 6.79. The van der Waals surface area contributed by atoms with E-state index >= 15 is 0 Å². The maximum Gasteiger partial charge on any atom is 0.147 e. The van der Waals surface area contributed by atoms with Gasteiger partial charge in [-0.25, -0.2) is 4.98 Å². The number of nitrogens with zero attached hydrogens (tertiary/aromatic N) is 3. The van der Waals surface area contributed by atoms with Crippen molar-refractivity contribution >= 4 is 34.9 Å². The van der Waals surface area contributed by atoms with Crippen LogP contribution in [0.4, 0.5) is 11.5 Å². The molecule has 1 aliphatic heterocycles. The van der Waals surface area contributed by atoms with Gasteiger partial charge in [-0.1, -0.05) is 48.2 Å². The van der Waals surface area contributed by atoms with Crippen LogP contribution in [0, 0.1) is 0 Å². The van der Waals surface area contributed by atoms with E-state index in [1.165, 1.54) is 37.7 Å². The lowest BCUT2D eigenvalue weighted by Crippen LogP contribution is -2.26. The Morgan fingerprint density at radius 3 is 2.79 bits per heavy atom. The molecule has 0 atom stereocenters. The van der Waals surface area contributed by atoms with Gasteiger partial charge in [-0.15, -0.1) is 0 Å². The van der Waals surface area contributed by atoms with Gasteiger partial charge in [0.25, 0.3) is 0 Å². The van der Waals surface area contributed by atoms with Crippen molar-refractivity contribution in [1.29, 1.82) is 0 Å². The highest BCUT2D eigenvalue weighted by Crippen LogP contribution is 2.48. The molecule has 1 aromatic heterocycles. The molecule has 2 aliphatic rings. The molecule has 29 heavy (non-hydrogen) atoms. The van der Waals surface area contributed by atoms with Crippen LogP contribution < -0.4 is 4.90 Å². The van der Waals surface area contributed by atoms with E-state index in [0.29, 0.717) is 0 Å². The van der Waals surface area contributed by atoms with Gasteiger partial charge < -0.3 is 9.80 Å². The molecule has 146 valence electrons. The standard InChI is InChI=1S/C25H25N3S/c1-27(2)13-6-14-28-22-11-10-20(21-15-18-7-3-4-8-19(18)16-21)17-24(22)29-23-9-5-12-26-25(23)28/h3-5,7-12,15,17H,6,13-14,16H2,1-2H3. The topological polar surface area (TPSA) is 19.4 Å². The third kappa shape index (κ3) is 3.59. The number of pyridine rings is 1. The highest BCUT2D eigenvalue weighted by molar-refractivity contribution is 7.99. The third-order valence-electron chi connectivity index (χ3n) is 5.60. The molecule has 4 heteroatoms. The molecule has 0 amide bonds. The van der Waals surface area contributed by atoms with Crippen molar-refractivity contribution in [2.24, 2.45) is 0 Å². The summed E-state index contributed by atoms with van der Waals surface area (Å²) >= 11 is 1.84. The Balaban J connectivity index is 1.48. The summed E-state index contributed by atoms with van der Waals surface area (Å²) in [7, 11) is 4.26. The summed E-state index contributed by atoms with van der Waals surface area (Å²) in [5.74, 6) is 1.09. The number of benzene rings is 2. The van der Waals surface area contributed by atoms with Gasteiger partial charge in [0.05, 0.1) is 10.6 Å². The Morgan fingerprint density at radius 2 is 1.93 bits per heavy atom. The first-order chi connectivity index (χ1) is 14.2. The van der Waals surface area contributed by atoms with Crippen molar-refractivity contribution in [2.45, 2.75) is 22.6 Å². The molecule has 0 spiro atoms. The zero-order valence-corrected chi connectivity index (χ0v) is 17.7. The number of fused-ring (bicyclic) bond motifs is 3. The lowest BCUT2D eigenvalue weighted by molar-refractivity contribution is 0.402. The summed E-state index contributed by atoms with van der Waals surface area (Å²) in [6.45, 7) is 2.05. The lowest BCUT2D eigenvalue weighted by Gasteiger charge is -2.32. The van der Waals surface area contributed by atoms with Crippen molar-refractivity contribution in [3.63, 3.8) is 0 Å². The maximum absolute atomic E-state index is 4.70. The summed E-state index contributed by atoms with van der Waals surface area (Å²) in [4.78, 5) is 11.9. The predicted octanol–water partition coefficient (Wildman–Crippen LogP) is 5.73. The van der Waals surface area contributed by atoms with E-state index in [0.717, 1.165) is 31.7 Å². The quantitative estimate of drug-likeness (QED) is 0.545. The Hall–Kier alpha value is -2.56. The van der Waals surface area contributed by atoms with Gasteiger partial charge >= 0.3 is 0 Å². The number of hydrogen-bond donors (Lipinski definition) is 0. The van der Waals surface area contributed by atoms with Crippen LogP contribution in [-0.4, -0.2) is 37.1 Å². The highest BCUT2D eigenvalue weighted by Gasteiger charge is 2.25. The van der Waals surface area contributed by atoms with Crippen LogP contribution >= 0.6 is 11.8 Å². The first kappa shape index (κ1) is 18.5.